The minimum absolute atomic E-state index is 0.227. The Morgan fingerprint density at radius 2 is 2.06 bits per heavy atom. The summed E-state index contributed by atoms with van der Waals surface area (Å²) < 4.78 is 0. The van der Waals surface area contributed by atoms with Crippen LogP contribution >= 0.6 is 0 Å². The van der Waals surface area contributed by atoms with Gasteiger partial charge in [0.25, 0.3) is 5.91 Å². The Labute approximate surface area is 101 Å². The van der Waals surface area contributed by atoms with Crippen molar-refractivity contribution in [1.82, 2.24) is 0 Å². The first-order valence-electron chi connectivity index (χ1n) is 5.38. The van der Waals surface area contributed by atoms with E-state index < -0.39 is 5.91 Å². The number of rotatable bonds is 3. The standard InChI is InChI=1S/C13H17N3O/c1-4-8(2)11-6-5-10(7-9(11)3)12(17)16-13(14)15/h5-7H,2,4H2,1,3H3,(H4,14,15,16,17). The maximum Gasteiger partial charge on any atom is 0.280 e. The number of carbonyl (C=O) groups is 1. The molecule has 0 unspecified atom stereocenters. The van der Waals surface area contributed by atoms with Crippen LogP contribution in [0, 0.1) is 6.92 Å². The molecule has 0 aromatic heterocycles. The molecule has 17 heavy (non-hydrogen) atoms. The molecule has 0 saturated heterocycles. The van der Waals surface area contributed by atoms with Gasteiger partial charge in [-0.15, -0.1) is 0 Å². The molecule has 0 atom stereocenters. The van der Waals surface area contributed by atoms with Crippen molar-refractivity contribution < 1.29 is 4.79 Å². The van der Waals surface area contributed by atoms with Crippen LogP contribution < -0.4 is 11.5 Å². The molecule has 4 nitrogen and oxygen atoms in total. The number of guanidine groups is 1. The molecule has 90 valence electrons. The van der Waals surface area contributed by atoms with E-state index in [-0.39, 0.29) is 5.96 Å². The molecule has 1 amide bonds. The summed E-state index contributed by atoms with van der Waals surface area (Å²) in [6.07, 6.45) is 0.877. The van der Waals surface area contributed by atoms with Crippen molar-refractivity contribution >= 4 is 17.4 Å². The van der Waals surface area contributed by atoms with E-state index in [0.29, 0.717) is 5.56 Å². The van der Waals surface area contributed by atoms with E-state index in [1.165, 1.54) is 0 Å². The monoisotopic (exact) mass is 231 g/mol. The Kier molecular flexibility index (Phi) is 4.04. The number of aryl methyl sites for hydroxylation is 1. The number of benzene rings is 1. The average molecular weight is 231 g/mol. The molecule has 0 fully saturated rings. The third-order valence-electron chi connectivity index (χ3n) is 2.51. The third-order valence-corrected chi connectivity index (χ3v) is 2.51. The molecular weight excluding hydrogens is 214 g/mol. The summed E-state index contributed by atoms with van der Waals surface area (Å²) in [5.74, 6) is -0.656. The van der Waals surface area contributed by atoms with Gasteiger partial charge in [0.2, 0.25) is 0 Å². The summed E-state index contributed by atoms with van der Waals surface area (Å²) in [5.41, 5.74) is 13.9. The predicted octanol–water partition coefficient (Wildman–Crippen LogP) is 1.83. The Morgan fingerprint density at radius 3 is 2.53 bits per heavy atom. The highest BCUT2D eigenvalue weighted by Gasteiger charge is 2.08. The van der Waals surface area contributed by atoms with Crippen LogP contribution in [-0.4, -0.2) is 11.9 Å². The van der Waals surface area contributed by atoms with Crippen LogP contribution in [0.3, 0.4) is 0 Å². The van der Waals surface area contributed by atoms with Gasteiger partial charge >= 0.3 is 0 Å². The van der Waals surface area contributed by atoms with E-state index in [1.807, 2.05) is 19.9 Å². The summed E-state index contributed by atoms with van der Waals surface area (Å²) in [7, 11) is 0. The van der Waals surface area contributed by atoms with Gasteiger partial charge in [-0.2, -0.15) is 4.99 Å². The predicted molar refractivity (Wildman–Crippen MR) is 70.6 cm³/mol. The van der Waals surface area contributed by atoms with Crippen molar-refractivity contribution in [3.05, 3.63) is 41.5 Å². The number of allylic oxidation sites excluding steroid dienone is 1. The highest BCUT2D eigenvalue weighted by Crippen LogP contribution is 2.21. The van der Waals surface area contributed by atoms with E-state index in [9.17, 15) is 4.79 Å². The molecule has 0 aliphatic rings. The van der Waals surface area contributed by atoms with Crippen molar-refractivity contribution in [2.45, 2.75) is 20.3 Å². The second-order valence-corrected chi connectivity index (χ2v) is 3.83. The SMILES string of the molecule is C=C(CC)c1ccc(C(=O)N=C(N)N)cc1C. The topological polar surface area (TPSA) is 81.5 Å². The molecule has 0 saturated carbocycles. The number of hydrogen-bond donors (Lipinski definition) is 2. The summed E-state index contributed by atoms with van der Waals surface area (Å²) in [6, 6.07) is 5.35. The van der Waals surface area contributed by atoms with Crippen LogP contribution in [0.4, 0.5) is 0 Å². The zero-order chi connectivity index (χ0) is 13.0. The Balaban J connectivity index is 3.09. The van der Waals surface area contributed by atoms with Crippen molar-refractivity contribution in [3.63, 3.8) is 0 Å². The fraction of sp³-hybridized carbons (Fsp3) is 0.231. The molecule has 0 heterocycles. The molecule has 1 aromatic rings. The Bertz CT molecular complexity index is 485. The average Bonchev–Trinajstić information content (AvgIpc) is 2.27. The van der Waals surface area contributed by atoms with E-state index in [4.69, 9.17) is 11.5 Å². The smallest absolute Gasteiger partial charge is 0.280 e. The van der Waals surface area contributed by atoms with Crippen molar-refractivity contribution in [2.75, 3.05) is 0 Å². The highest BCUT2D eigenvalue weighted by molar-refractivity contribution is 6.02. The zero-order valence-electron chi connectivity index (χ0n) is 10.2. The first kappa shape index (κ1) is 13.0. The van der Waals surface area contributed by atoms with E-state index in [0.717, 1.165) is 23.1 Å². The first-order valence-corrected chi connectivity index (χ1v) is 5.38. The number of nitrogens with zero attached hydrogens (tertiary/aromatic N) is 1. The number of aliphatic imine (C=N–C) groups is 1. The minimum Gasteiger partial charge on any atom is -0.370 e. The quantitative estimate of drug-likeness (QED) is 0.615. The molecular formula is C13H17N3O. The van der Waals surface area contributed by atoms with Gasteiger partial charge in [-0.05, 0) is 42.2 Å². The normalized spacial score (nSPS) is 9.76. The van der Waals surface area contributed by atoms with Gasteiger partial charge in [-0.25, -0.2) is 0 Å². The molecule has 4 N–H and O–H groups in total. The van der Waals surface area contributed by atoms with Gasteiger partial charge in [0, 0.05) is 5.56 Å². The zero-order valence-corrected chi connectivity index (χ0v) is 10.2. The molecule has 0 aliphatic carbocycles. The Hall–Kier alpha value is -2.10. The molecule has 0 radical (unpaired) electrons. The van der Waals surface area contributed by atoms with Gasteiger partial charge in [0.15, 0.2) is 5.96 Å². The number of amides is 1. The molecule has 1 aromatic carbocycles. The van der Waals surface area contributed by atoms with Gasteiger partial charge in [0.1, 0.15) is 0 Å². The molecule has 0 aliphatic heterocycles. The maximum absolute atomic E-state index is 11.6. The van der Waals surface area contributed by atoms with E-state index in [2.05, 4.69) is 11.6 Å². The van der Waals surface area contributed by atoms with Crippen LogP contribution in [0.15, 0.2) is 29.8 Å². The second kappa shape index (κ2) is 5.30. The van der Waals surface area contributed by atoms with Gasteiger partial charge in [0.05, 0.1) is 0 Å². The van der Waals surface area contributed by atoms with Crippen molar-refractivity contribution in [2.24, 2.45) is 16.5 Å². The third kappa shape index (κ3) is 3.17. The first-order chi connectivity index (χ1) is 7.95. The van der Waals surface area contributed by atoms with Crippen LogP contribution in [0.5, 0.6) is 0 Å². The summed E-state index contributed by atoms with van der Waals surface area (Å²) >= 11 is 0. The lowest BCUT2D eigenvalue weighted by atomic mass is 9.98. The van der Waals surface area contributed by atoms with Crippen LogP contribution in [-0.2, 0) is 0 Å². The lowest BCUT2D eigenvalue weighted by Gasteiger charge is -2.08. The van der Waals surface area contributed by atoms with Gasteiger partial charge < -0.3 is 11.5 Å². The maximum atomic E-state index is 11.6. The van der Waals surface area contributed by atoms with E-state index >= 15 is 0 Å². The van der Waals surface area contributed by atoms with Crippen molar-refractivity contribution in [3.8, 4) is 0 Å². The van der Waals surface area contributed by atoms with Crippen molar-refractivity contribution in [1.29, 1.82) is 0 Å². The highest BCUT2D eigenvalue weighted by atomic mass is 16.1. The molecule has 1 rings (SSSR count). The van der Waals surface area contributed by atoms with Crippen LogP contribution in [0.1, 0.15) is 34.8 Å². The summed E-state index contributed by atoms with van der Waals surface area (Å²) in [4.78, 5) is 15.1. The lowest BCUT2D eigenvalue weighted by Crippen LogP contribution is -2.24. The molecule has 0 bridgehead atoms. The number of nitrogens with two attached hydrogens (primary N) is 2. The fourth-order valence-electron chi connectivity index (χ4n) is 1.57. The minimum atomic E-state index is -0.429. The summed E-state index contributed by atoms with van der Waals surface area (Å²) in [5, 5.41) is 0. The Morgan fingerprint density at radius 1 is 1.41 bits per heavy atom. The van der Waals surface area contributed by atoms with Gasteiger partial charge in [-0.3, -0.25) is 4.79 Å². The van der Waals surface area contributed by atoms with Crippen LogP contribution in [0.2, 0.25) is 0 Å². The fourth-order valence-corrected chi connectivity index (χ4v) is 1.57. The summed E-state index contributed by atoms with van der Waals surface area (Å²) in [6.45, 7) is 7.95. The largest absolute Gasteiger partial charge is 0.370 e. The number of carbonyl (C=O) groups excluding carboxylic acids is 1. The molecule has 0 spiro atoms. The lowest BCUT2D eigenvalue weighted by molar-refractivity contribution is 0.100. The van der Waals surface area contributed by atoms with Crippen LogP contribution in [0.25, 0.3) is 5.57 Å². The second-order valence-electron chi connectivity index (χ2n) is 3.83. The van der Waals surface area contributed by atoms with E-state index in [1.54, 1.807) is 12.1 Å². The number of hydrogen-bond acceptors (Lipinski definition) is 1. The van der Waals surface area contributed by atoms with Gasteiger partial charge in [-0.1, -0.05) is 19.6 Å². The molecule has 4 heteroatoms.